The van der Waals surface area contributed by atoms with E-state index in [9.17, 15) is 4.79 Å². The van der Waals surface area contributed by atoms with Crippen molar-refractivity contribution in [2.45, 2.75) is 6.54 Å². The van der Waals surface area contributed by atoms with Crippen molar-refractivity contribution in [3.8, 4) is 0 Å². The van der Waals surface area contributed by atoms with Gasteiger partial charge in [-0.2, -0.15) is 0 Å². The summed E-state index contributed by atoms with van der Waals surface area (Å²) in [6.07, 6.45) is 1.77. The third-order valence-corrected chi connectivity index (χ3v) is 3.04. The summed E-state index contributed by atoms with van der Waals surface area (Å²) in [7, 11) is 5.14. The van der Waals surface area contributed by atoms with Crippen LogP contribution in [0, 0.1) is 0 Å². The second-order valence-electron chi connectivity index (χ2n) is 5.15. The number of carbonyl (C=O) groups is 1. The predicted octanol–water partition coefficient (Wildman–Crippen LogP) is 1.26. The van der Waals surface area contributed by atoms with Crippen molar-refractivity contribution in [1.29, 1.82) is 0 Å². The molecule has 0 saturated carbocycles. The number of hydrogen-bond acceptors (Lipinski definition) is 3. The number of aliphatic imine (C=N–C) groups is 1. The largest absolute Gasteiger partial charge is 0.383 e. The fraction of sp³-hybridized carbons (Fsp3) is 0.412. The van der Waals surface area contributed by atoms with Gasteiger partial charge in [-0.05, 0) is 17.7 Å². The van der Waals surface area contributed by atoms with Gasteiger partial charge in [-0.25, -0.2) is 4.99 Å². The number of ether oxygens (including phenoxy) is 1. The van der Waals surface area contributed by atoms with Crippen molar-refractivity contribution in [3.05, 3.63) is 48.0 Å². The van der Waals surface area contributed by atoms with Crippen LogP contribution in [0.5, 0.6) is 0 Å². The number of methoxy groups -OCH3 is 1. The molecule has 6 nitrogen and oxygen atoms in total. The van der Waals surface area contributed by atoms with Crippen molar-refractivity contribution in [2.24, 2.45) is 4.99 Å². The summed E-state index contributed by atoms with van der Waals surface area (Å²) in [4.78, 5) is 17.9. The third-order valence-electron chi connectivity index (χ3n) is 3.04. The number of nitrogens with one attached hydrogen (secondary N) is 2. The third kappa shape index (κ3) is 6.97. The van der Waals surface area contributed by atoms with E-state index in [1.54, 1.807) is 32.2 Å². The molecule has 23 heavy (non-hydrogen) atoms. The zero-order valence-electron chi connectivity index (χ0n) is 14.1. The fourth-order valence-electron chi connectivity index (χ4n) is 1.80. The van der Waals surface area contributed by atoms with Gasteiger partial charge in [0.25, 0.3) is 5.91 Å². The van der Waals surface area contributed by atoms with Crippen LogP contribution in [-0.4, -0.2) is 57.7 Å². The fourth-order valence-corrected chi connectivity index (χ4v) is 1.80. The van der Waals surface area contributed by atoms with Gasteiger partial charge in [0.15, 0.2) is 5.96 Å². The van der Waals surface area contributed by atoms with E-state index in [0.717, 1.165) is 5.56 Å². The minimum atomic E-state index is -0.00498. The second kappa shape index (κ2) is 10.4. The molecule has 0 saturated heterocycles. The lowest BCUT2D eigenvalue weighted by atomic mass is 10.1. The molecule has 1 rings (SSSR count). The molecule has 2 N–H and O–H groups in total. The molecule has 0 aliphatic heterocycles. The first-order chi connectivity index (χ1) is 11.1. The molecule has 1 amide bonds. The quantitative estimate of drug-likeness (QED) is 0.328. The summed E-state index contributed by atoms with van der Waals surface area (Å²) >= 11 is 0. The first kappa shape index (κ1) is 18.7. The Morgan fingerprint density at radius 3 is 2.57 bits per heavy atom. The number of amides is 1. The van der Waals surface area contributed by atoms with Gasteiger partial charge in [0.2, 0.25) is 0 Å². The Morgan fingerprint density at radius 1 is 1.30 bits per heavy atom. The highest BCUT2D eigenvalue weighted by Gasteiger charge is 2.07. The summed E-state index contributed by atoms with van der Waals surface area (Å²) in [5.74, 6) is 0.699. The Morgan fingerprint density at radius 2 is 2.00 bits per heavy atom. The zero-order valence-corrected chi connectivity index (χ0v) is 14.1. The topological polar surface area (TPSA) is 66.0 Å². The van der Waals surface area contributed by atoms with E-state index in [2.05, 4.69) is 22.2 Å². The van der Waals surface area contributed by atoms with E-state index in [0.29, 0.717) is 37.8 Å². The molecule has 0 aromatic heterocycles. The van der Waals surface area contributed by atoms with Gasteiger partial charge in [0.05, 0.1) is 13.2 Å². The number of benzene rings is 1. The van der Waals surface area contributed by atoms with Crippen LogP contribution in [0.15, 0.2) is 41.9 Å². The monoisotopic (exact) mass is 318 g/mol. The molecule has 6 heteroatoms. The van der Waals surface area contributed by atoms with Gasteiger partial charge in [0.1, 0.15) is 0 Å². The molecule has 0 radical (unpaired) electrons. The average Bonchev–Trinajstić information content (AvgIpc) is 2.56. The van der Waals surface area contributed by atoms with E-state index in [-0.39, 0.29) is 5.91 Å². The Labute approximate surface area is 138 Å². The van der Waals surface area contributed by atoms with Crippen LogP contribution in [0.4, 0.5) is 0 Å². The minimum Gasteiger partial charge on any atom is -0.383 e. The van der Waals surface area contributed by atoms with Gasteiger partial charge >= 0.3 is 0 Å². The van der Waals surface area contributed by atoms with Crippen LogP contribution >= 0.6 is 0 Å². The molecule has 126 valence electrons. The maximum absolute atomic E-state index is 11.8. The van der Waals surface area contributed by atoms with Crippen molar-refractivity contribution < 1.29 is 9.53 Å². The summed E-state index contributed by atoms with van der Waals surface area (Å²) < 4.78 is 5.01. The highest BCUT2D eigenvalue weighted by atomic mass is 16.5. The van der Waals surface area contributed by atoms with Crippen molar-refractivity contribution in [3.63, 3.8) is 0 Å². The summed E-state index contributed by atoms with van der Waals surface area (Å²) in [6, 6.07) is 7.48. The Hall–Kier alpha value is -2.34. The number of hydrogen-bond donors (Lipinski definition) is 2. The average molecular weight is 318 g/mol. The molecular formula is C17H26N4O2. The zero-order chi connectivity index (χ0) is 17.1. The summed E-state index contributed by atoms with van der Waals surface area (Å²) in [5.41, 5.74) is 1.71. The van der Waals surface area contributed by atoms with Gasteiger partial charge in [0, 0.05) is 39.9 Å². The molecule has 0 bridgehead atoms. The molecule has 0 aliphatic carbocycles. The summed E-state index contributed by atoms with van der Waals surface area (Å²) in [6.45, 7) is 6.12. The Kier molecular flexibility index (Phi) is 8.46. The smallest absolute Gasteiger partial charge is 0.253 e. The first-order valence-corrected chi connectivity index (χ1v) is 7.51. The maximum Gasteiger partial charge on any atom is 0.253 e. The first-order valence-electron chi connectivity index (χ1n) is 7.51. The van der Waals surface area contributed by atoms with E-state index in [4.69, 9.17) is 4.74 Å². The van der Waals surface area contributed by atoms with Gasteiger partial charge in [-0.15, -0.1) is 6.58 Å². The van der Waals surface area contributed by atoms with Crippen LogP contribution in [0.2, 0.25) is 0 Å². The van der Waals surface area contributed by atoms with Crippen LogP contribution in [-0.2, 0) is 11.3 Å². The number of nitrogens with zero attached hydrogens (tertiary/aromatic N) is 2. The number of carbonyl (C=O) groups excluding carboxylic acids is 1. The minimum absolute atomic E-state index is 0.00498. The van der Waals surface area contributed by atoms with Crippen molar-refractivity contribution >= 4 is 11.9 Å². The Bertz CT molecular complexity index is 524. The molecule has 0 spiro atoms. The standard InChI is InChI=1S/C17H26N4O2/c1-5-10-18-17(19-11-12-23-4)20-13-14-6-8-15(9-7-14)16(22)21(2)3/h5-9H,1,10-13H2,2-4H3,(H2,18,19,20). The molecule has 0 unspecified atom stereocenters. The van der Waals surface area contributed by atoms with Crippen LogP contribution in [0.25, 0.3) is 0 Å². The normalized spacial score (nSPS) is 11.0. The van der Waals surface area contributed by atoms with Crippen LogP contribution in [0.1, 0.15) is 15.9 Å². The van der Waals surface area contributed by atoms with Gasteiger partial charge < -0.3 is 20.3 Å². The second-order valence-corrected chi connectivity index (χ2v) is 5.15. The van der Waals surface area contributed by atoms with Crippen molar-refractivity contribution in [1.82, 2.24) is 15.5 Å². The Balaban J connectivity index is 2.66. The van der Waals surface area contributed by atoms with E-state index >= 15 is 0 Å². The lowest BCUT2D eigenvalue weighted by molar-refractivity contribution is 0.0827. The van der Waals surface area contributed by atoms with Crippen molar-refractivity contribution in [2.75, 3.05) is 40.9 Å². The highest BCUT2D eigenvalue weighted by molar-refractivity contribution is 5.93. The molecule has 1 aromatic carbocycles. The van der Waals surface area contributed by atoms with Gasteiger partial charge in [-0.1, -0.05) is 18.2 Å². The van der Waals surface area contributed by atoms with E-state index < -0.39 is 0 Å². The van der Waals surface area contributed by atoms with E-state index in [1.807, 2.05) is 24.3 Å². The predicted molar refractivity (Wildman–Crippen MR) is 93.7 cm³/mol. The number of guanidine groups is 1. The van der Waals surface area contributed by atoms with E-state index in [1.165, 1.54) is 0 Å². The lowest BCUT2D eigenvalue weighted by Crippen LogP contribution is -2.39. The maximum atomic E-state index is 11.8. The molecule has 0 atom stereocenters. The highest BCUT2D eigenvalue weighted by Crippen LogP contribution is 2.07. The van der Waals surface area contributed by atoms with Crippen LogP contribution in [0.3, 0.4) is 0 Å². The van der Waals surface area contributed by atoms with Crippen LogP contribution < -0.4 is 10.6 Å². The number of rotatable bonds is 8. The molecule has 0 aliphatic rings. The molecule has 0 heterocycles. The lowest BCUT2D eigenvalue weighted by Gasteiger charge is -2.12. The molecule has 0 fully saturated rings. The SMILES string of the molecule is C=CCNC(=NCc1ccc(C(=O)N(C)C)cc1)NCCOC. The van der Waals surface area contributed by atoms with Gasteiger partial charge in [-0.3, -0.25) is 4.79 Å². The molecular weight excluding hydrogens is 292 g/mol. The summed E-state index contributed by atoms with van der Waals surface area (Å²) in [5, 5.41) is 6.32. The molecule has 1 aromatic rings.